The van der Waals surface area contributed by atoms with E-state index in [9.17, 15) is 0 Å². The molecular weight excluding hydrogens is 260 g/mol. The van der Waals surface area contributed by atoms with Crippen molar-refractivity contribution >= 4 is 0 Å². The van der Waals surface area contributed by atoms with Crippen LogP contribution in [0.25, 0.3) is 0 Å². The number of methoxy groups -OCH3 is 1. The maximum atomic E-state index is 5.20. The predicted molar refractivity (Wildman–Crippen MR) is 89.0 cm³/mol. The van der Waals surface area contributed by atoms with E-state index in [0.29, 0.717) is 12.1 Å². The lowest BCUT2D eigenvalue weighted by Gasteiger charge is -2.34. The maximum Gasteiger partial charge on any atom is 0.118 e. The van der Waals surface area contributed by atoms with Gasteiger partial charge in [-0.1, -0.05) is 19.1 Å². The molecule has 0 amide bonds. The summed E-state index contributed by atoms with van der Waals surface area (Å²) in [6.45, 7) is 8.24. The molecule has 118 valence electrons. The number of likely N-dealkylation sites (N-methyl/N-ethyl adjacent to an activating group) is 1. The summed E-state index contributed by atoms with van der Waals surface area (Å²) in [5.74, 6) is 0.937. The molecule has 0 saturated carbocycles. The van der Waals surface area contributed by atoms with E-state index >= 15 is 0 Å². The molecule has 1 heterocycles. The Balaban J connectivity index is 1.72. The number of ether oxygens (including phenoxy) is 1. The third kappa shape index (κ3) is 5.33. The number of piperidine rings is 1. The Hall–Kier alpha value is -1.06. The summed E-state index contributed by atoms with van der Waals surface area (Å²) < 4.78 is 5.20. The Kier molecular flexibility index (Phi) is 6.52. The number of rotatable bonds is 7. The summed E-state index contributed by atoms with van der Waals surface area (Å²) in [6, 6.07) is 9.69. The van der Waals surface area contributed by atoms with Gasteiger partial charge in [0.25, 0.3) is 0 Å². The molecule has 2 unspecified atom stereocenters. The molecule has 0 radical (unpaired) electrons. The second-order valence-electron chi connectivity index (χ2n) is 6.19. The molecule has 2 rings (SSSR count). The summed E-state index contributed by atoms with van der Waals surface area (Å²) in [6.07, 6.45) is 4.97. The molecule has 1 fully saturated rings. The average Bonchev–Trinajstić information content (AvgIpc) is 2.53. The Morgan fingerprint density at radius 1 is 1.33 bits per heavy atom. The average molecular weight is 290 g/mol. The molecule has 1 N–H and O–H groups in total. The van der Waals surface area contributed by atoms with Gasteiger partial charge in [-0.25, -0.2) is 0 Å². The number of aryl methyl sites for hydroxylation is 1. The van der Waals surface area contributed by atoms with Crippen molar-refractivity contribution < 1.29 is 4.74 Å². The zero-order valence-electron chi connectivity index (χ0n) is 13.8. The van der Waals surface area contributed by atoms with Gasteiger partial charge in [0.2, 0.25) is 0 Å². The van der Waals surface area contributed by atoms with Gasteiger partial charge in [-0.05, 0) is 63.4 Å². The SMILES string of the molecule is CCN1CCCC(NC(C)CCc2ccc(OC)cc2)C1. The van der Waals surface area contributed by atoms with E-state index in [1.165, 1.54) is 44.5 Å². The molecule has 0 aromatic heterocycles. The van der Waals surface area contributed by atoms with Crippen LogP contribution in [-0.2, 0) is 6.42 Å². The van der Waals surface area contributed by atoms with Crippen molar-refractivity contribution in [3.8, 4) is 5.75 Å². The molecule has 1 aromatic carbocycles. The van der Waals surface area contributed by atoms with E-state index in [-0.39, 0.29) is 0 Å². The van der Waals surface area contributed by atoms with Crippen LogP contribution < -0.4 is 10.1 Å². The minimum Gasteiger partial charge on any atom is -0.497 e. The van der Waals surface area contributed by atoms with Gasteiger partial charge in [-0.3, -0.25) is 0 Å². The van der Waals surface area contributed by atoms with Crippen LogP contribution >= 0.6 is 0 Å². The molecule has 0 aliphatic carbocycles. The molecule has 3 nitrogen and oxygen atoms in total. The normalized spacial score (nSPS) is 21.2. The highest BCUT2D eigenvalue weighted by molar-refractivity contribution is 5.27. The van der Waals surface area contributed by atoms with Gasteiger partial charge in [-0.2, -0.15) is 0 Å². The fourth-order valence-electron chi connectivity index (χ4n) is 3.14. The number of likely N-dealkylation sites (tertiary alicyclic amines) is 1. The van der Waals surface area contributed by atoms with Crippen LogP contribution in [0, 0.1) is 0 Å². The first-order valence-electron chi connectivity index (χ1n) is 8.32. The van der Waals surface area contributed by atoms with Crippen molar-refractivity contribution in [3.05, 3.63) is 29.8 Å². The minimum atomic E-state index is 0.578. The molecule has 1 aliphatic rings. The predicted octanol–water partition coefficient (Wildman–Crippen LogP) is 3.09. The summed E-state index contributed by atoms with van der Waals surface area (Å²) in [7, 11) is 1.71. The molecule has 3 heteroatoms. The highest BCUT2D eigenvalue weighted by Crippen LogP contribution is 2.14. The van der Waals surface area contributed by atoms with Crippen LogP contribution in [0.1, 0.15) is 38.7 Å². The number of hydrogen-bond acceptors (Lipinski definition) is 3. The molecule has 1 aromatic rings. The number of nitrogens with zero attached hydrogens (tertiary/aromatic N) is 1. The second-order valence-corrected chi connectivity index (χ2v) is 6.19. The lowest BCUT2D eigenvalue weighted by atomic mass is 10.0. The van der Waals surface area contributed by atoms with E-state index in [0.717, 1.165) is 12.2 Å². The fraction of sp³-hybridized carbons (Fsp3) is 0.667. The third-order valence-electron chi connectivity index (χ3n) is 4.50. The van der Waals surface area contributed by atoms with Crippen LogP contribution in [0.5, 0.6) is 5.75 Å². The van der Waals surface area contributed by atoms with Crippen LogP contribution in [0.2, 0.25) is 0 Å². The van der Waals surface area contributed by atoms with Gasteiger partial charge in [0.05, 0.1) is 7.11 Å². The van der Waals surface area contributed by atoms with E-state index in [2.05, 4.69) is 36.2 Å². The second kappa shape index (κ2) is 8.40. The molecule has 21 heavy (non-hydrogen) atoms. The van der Waals surface area contributed by atoms with E-state index in [1.807, 2.05) is 12.1 Å². The van der Waals surface area contributed by atoms with Gasteiger partial charge < -0.3 is 15.0 Å². The topological polar surface area (TPSA) is 24.5 Å². The quantitative estimate of drug-likeness (QED) is 0.835. The summed E-state index contributed by atoms with van der Waals surface area (Å²) in [5, 5.41) is 3.81. The molecule has 1 aliphatic heterocycles. The largest absolute Gasteiger partial charge is 0.497 e. The van der Waals surface area contributed by atoms with Crippen molar-refractivity contribution in [2.75, 3.05) is 26.7 Å². The van der Waals surface area contributed by atoms with Crippen molar-refractivity contribution in [1.29, 1.82) is 0 Å². The van der Waals surface area contributed by atoms with Crippen LogP contribution in [0.15, 0.2) is 24.3 Å². The van der Waals surface area contributed by atoms with E-state index in [4.69, 9.17) is 4.74 Å². The number of benzene rings is 1. The van der Waals surface area contributed by atoms with Gasteiger partial charge >= 0.3 is 0 Å². The Morgan fingerprint density at radius 3 is 2.76 bits per heavy atom. The summed E-state index contributed by atoms with van der Waals surface area (Å²) in [5.41, 5.74) is 1.39. The van der Waals surface area contributed by atoms with Crippen LogP contribution in [-0.4, -0.2) is 43.7 Å². The van der Waals surface area contributed by atoms with Gasteiger partial charge in [0.1, 0.15) is 5.75 Å². The molecule has 0 spiro atoms. The van der Waals surface area contributed by atoms with Crippen LogP contribution in [0.3, 0.4) is 0 Å². The third-order valence-corrected chi connectivity index (χ3v) is 4.50. The standard InChI is InChI=1S/C18H30N2O/c1-4-20-13-5-6-17(14-20)19-15(2)7-8-16-9-11-18(21-3)12-10-16/h9-12,15,17,19H,4-8,13-14H2,1-3H3. The summed E-state index contributed by atoms with van der Waals surface area (Å²) >= 11 is 0. The van der Waals surface area contributed by atoms with E-state index < -0.39 is 0 Å². The smallest absolute Gasteiger partial charge is 0.118 e. The Labute approximate surface area is 129 Å². The summed E-state index contributed by atoms with van der Waals surface area (Å²) in [4.78, 5) is 2.55. The molecule has 2 atom stereocenters. The van der Waals surface area contributed by atoms with Crippen molar-refractivity contribution in [2.24, 2.45) is 0 Å². The zero-order chi connectivity index (χ0) is 15.1. The number of nitrogens with one attached hydrogen (secondary N) is 1. The minimum absolute atomic E-state index is 0.578. The first kappa shape index (κ1) is 16.3. The highest BCUT2D eigenvalue weighted by atomic mass is 16.5. The van der Waals surface area contributed by atoms with Gasteiger partial charge in [0.15, 0.2) is 0 Å². The lowest BCUT2D eigenvalue weighted by molar-refractivity contribution is 0.190. The fourth-order valence-corrected chi connectivity index (χ4v) is 3.14. The monoisotopic (exact) mass is 290 g/mol. The Morgan fingerprint density at radius 2 is 2.10 bits per heavy atom. The van der Waals surface area contributed by atoms with Crippen molar-refractivity contribution in [3.63, 3.8) is 0 Å². The van der Waals surface area contributed by atoms with Crippen molar-refractivity contribution in [1.82, 2.24) is 10.2 Å². The first-order chi connectivity index (χ1) is 10.2. The van der Waals surface area contributed by atoms with Gasteiger partial charge in [0, 0.05) is 18.6 Å². The lowest BCUT2D eigenvalue weighted by Crippen LogP contribution is -2.48. The van der Waals surface area contributed by atoms with Crippen LogP contribution in [0.4, 0.5) is 0 Å². The zero-order valence-corrected chi connectivity index (χ0v) is 13.8. The first-order valence-corrected chi connectivity index (χ1v) is 8.32. The molecule has 1 saturated heterocycles. The van der Waals surface area contributed by atoms with Gasteiger partial charge in [-0.15, -0.1) is 0 Å². The Bertz CT molecular complexity index is 404. The van der Waals surface area contributed by atoms with E-state index in [1.54, 1.807) is 7.11 Å². The van der Waals surface area contributed by atoms with Crippen molar-refractivity contribution in [2.45, 2.75) is 51.6 Å². The molecular formula is C18H30N2O. The highest BCUT2D eigenvalue weighted by Gasteiger charge is 2.19. The maximum absolute atomic E-state index is 5.20. The molecule has 0 bridgehead atoms. The number of hydrogen-bond donors (Lipinski definition) is 1.